The average Bonchev–Trinajstić information content (AvgIpc) is 2.38. The van der Waals surface area contributed by atoms with Gasteiger partial charge in [0.2, 0.25) is 0 Å². The Kier molecular flexibility index (Phi) is 3.52. The van der Waals surface area contributed by atoms with E-state index in [0.29, 0.717) is 5.69 Å². The largest absolute Gasteiger partial charge is 0.265 e. The van der Waals surface area contributed by atoms with Crippen LogP contribution in [0.3, 0.4) is 0 Å². The molecule has 0 N–H and O–H groups in total. The fraction of sp³-hybridized carbons (Fsp3) is 0.0833. The van der Waals surface area contributed by atoms with Crippen molar-refractivity contribution in [3.63, 3.8) is 0 Å². The highest BCUT2D eigenvalue weighted by Gasteiger charge is 1.98. The van der Waals surface area contributed by atoms with Crippen molar-refractivity contribution in [1.29, 1.82) is 5.26 Å². The van der Waals surface area contributed by atoms with E-state index in [1.807, 2.05) is 30.3 Å². The van der Waals surface area contributed by atoms with Gasteiger partial charge in [-0.2, -0.15) is 5.26 Å². The number of hydrogen-bond donors (Lipinski definition) is 0. The number of aromatic nitrogens is 2. The molecule has 0 saturated heterocycles. The molecule has 0 atom stereocenters. The van der Waals surface area contributed by atoms with Crippen molar-refractivity contribution in [1.82, 2.24) is 9.97 Å². The van der Waals surface area contributed by atoms with Gasteiger partial charge in [0, 0.05) is 29.2 Å². The number of nitrogens with zero attached hydrogens (tertiary/aromatic N) is 3. The first-order valence-corrected chi connectivity index (χ1v) is 5.75. The Labute approximate surface area is 98.2 Å². The summed E-state index contributed by atoms with van der Waals surface area (Å²) in [5, 5.41) is 8.72. The maximum absolute atomic E-state index is 8.72. The van der Waals surface area contributed by atoms with Crippen LogP contribution in [0.25, 0.3) is 0 Å². The fourth-order valence-electron chi connectivity index (χ4n) is 1.23. The Hall–Kier alpha value is -1.86. The molecule has 2 aromatic heterocycles. The molecule has 0 radical (unpaired) electrons. The Morgan fingerprint density at radius 1 is 1.19 bits per heavy atom. The van der Waals surface area contributed by atoms with Crippen molar-refractivity contribution < 1.29 is 0 Å². The quantitative estimate of drug-likeness (QED) is 0.756. The first kappa shape index (κ1) is 10.7. The zero-order chi connectivity index (χ0) is 11.2. The first-order valence-electron chi connectivity index (χ1n) is 4.76. The standard InChI is InChI=1S/C12H9N3S/c13-8-11-7-10(1-6-15-11)9-16-12-2-4-14-5-3-12/h1-7H,9H2. The smallest absolute Gasteiger partial charge is 0.140 e. The van der Waals surface area contributed by atoms with Gasteiger partial charge in [-0.25, -0.2) is 4.98 Å². The van der Waals surface area contributed by atoms with Crippen LogP contribution >= 0.6 is 11.8 Å². The SMILES string of the molecule is N#Cc1cc(CSc2ccncc2)ccn1. The summed E-state index contributed by atoms with van der Waals surface area (Å²) < 4.78 is 0. The third-order valence-electron chi connectivity index (χ3n) is 1.99. The molecule has 0 fully saturated rings. The van der Waals surface area contributed by atoms with Gasteiger partial charge in [0.1, 0.15) is 11.8 Å². The number of rotatable bonds is 3. The number of thioether (sulfide) groups is 1. The second-order valence-electron chi connectivity index (χ2n) is 3.13. The summed E-state index contributed by atoms with van der Waals surface area (Å²) in [6, 6.07) is 9.71. The van der Waals surface area contributed by atoms with Gasteiger partial charge in [-0.1, -0.05) is 0 Å². The summed E-state index contributed by atoms with van der Waals surface area (Å²) in [5.74, 6) is 0.835. The van der Waals surface area contributed by atoms with Crippen LogP contribution in [0.5, 0.6) is 0 Å². The maximum atomic E-state index is 8.72. The van der Waals surface area contributed by atoms with Crippen LogP contribution in [-0.2, 0) is 5.75 Å². The molecule has 4 heteroatoms. The van der Waals surface area contributed by atoms with E-state index in [-0.39, 0.29) is 0 Å². The van der Waals surface area contributed by atoms with Gasteiger partial charge >= 0.3 is 0 Å². The third-order valence-corrected chi connectivity index (χ3v) is 3.08. The van der Waals surface area contributed by atoms with E-state index in [1.165, 1.54) is 4.90 Å². The molecular formula is C12H9N3S. The molecule has 0 unspecified atom stereocenters. The van der Waals surface area contributed by atoms with E-state index in [9.17, 15) is 0 Å². The van der Waals surface area contributed by atoms with E-state index in [0.717, 1.165) is 11.3 Å². The zero-order valence-corrected chi connectivity index (χ0v) is 9.31. The van der Waals surface area contributed by atoms with Gasteiger partial charge < -0.3 is 0 Å². The lowest BCUT2D eigenvalue weighted by atomic mass is 10.2. The molecule has 0 aliphatic rings. The monoisotopic (exact) mass is 227 g/mol. The molecule has 2 aromatic rings. The summed E-state index contributed by atoms with van der Waals surface area (Å²) in [5.41, 5.74) is 1.57. The average molecular weight is 227 g/mol. The van der Waals surface area contributed by atoms with Crippen molar-refractivity contribution in [2.45, 2.75) is 10.6 Å². The molecule has 0 bridgehead atoms. The van der Waals surface area contributed by atoms with Crippen LogP contribution in [0.2, 0.25) is 0 Å². The van der Waals surface area contributed by atoms with Crippen LogP contribution in [-0.4, -0.2) is 9.97 Å². The van der Waals surface area contributed by atoms with Gasteiger partial charge in [0.25, 0.3) is 0 Å². The molecule has 0 aliphatic heterocycles. The summed E-state index contributed by atoms with van der Waals surface area (Å²) in [7, 11) is 0. The van der Waals surface area contributed by atoms with Gasteiger partial charge in [0.15, 0.2) is 0 Å². The van der Waals surface area contributed by atoms with Crippen molar-refractivity contribution >= 4 is 11.8 Å². The Morgan fingerprint density at radius 3 is 2.75 bits per heavy atom. The van der Waals surface area contributed by atoms with Crippen LogP contribution in [0, 0.1) is 11.3 Å². The summed E-state index contributed by atoms with van der Waals surface area (Å²) in [6.45, 7) is 0. The molecule has 3 nitrogen and oxygen atoms in total. The lowest BCUT2D eigenvalue weighted by Gasteiger charge is -2.01. The summed E-state index contributed by atoms with van der Waals surface area (Å²) in [4.78, 5) is 9.07. The predicted molar refractivity (Wildman–Crippen MR) is 62.8 cm³/mol. The molecule has 2 rings (SSSR count). The lowest BCUT2D eigenvalue weighted by molar-refractivity contribution is 1.22. The lowest BCUT2D eigenvalue weighted by Crippen LogP contribution is -1.86. The molecule has 2 heterocycles. The van der Waals surface area contributed by atoms with Crippen molar-refractivity contribution in [3.8, 4) is 6.07 Å². The van der Waals surface area contributed by atoms with Crippen molar-refractivity contribution in [3.05, 3.63) is 54.1 Å². The molecule has 0 aromatic carbocycles. The van der Waals surface area contributed by atoms with E-state index < -0.39 is 0 Å². The normalized spacial score (nSPS) is 9.69. The Balaban J connectivity index is 2.03. The van der Waals surface area contributed by atoms with Gasteiger partial charge in [-0.15, -0.1) is 11.8 Å². The highest BCUT2D eigenvalue weighted by atomic mass is 32.2. The third kappa shape index (κ3) is 2.81. The highest BCUT2D eigenvalue weighted by Crippen LogP contribution is 2.21. The van der Waals surface area contributed by atoms with E-state index in [4.69, 9.17) is 5.26 Å². The molecule has 0 spiro atoms. The van der Waals surface area contributed by atoms with E-state index >= 15 is 0 Å². The molecular weight excluding hydrogens is 218 g/mol. The fourth-order valence-corrected chi connectivity index (χ4v) is 2.05. The van der Waals surface area contributed by atoms with Gasteiger partial charge in [0.05, 0.1) is 0 Å². The van der Waals surface area contributed by atoms with Gasteiger partial charge in [-0.05, 0) is 29.8 Å². The minimum Gasteiger partial charge on any atom is -0.265 e. The molecule has 0 aliphatic carbocycles. The molecule has 0 saturated carbocycles. The Bertz CT molecular complexity index is 505. The van der Waals surface area contributed by atoms with Gasteiger partial charge in [-0.3, -0.25) is 4.98 Å². The second kappa shape index (κ2) is 5.29. The number of hydrogen-bond acceptors (Lipinski definition) is 4. The van der Waals surface area contributed by atoms with Crippen molar-refractivity contribution in [2.24, 2.45) is 0 Å². The Morgan fingerprint density at radius 2 is 2.00 bits per heavy atom. The minimum atomic E-state index is 0.466. The topological polar surface area (TPSA) is 49.6 Å². The zero-order valence-electron chi connectivity index (χ0n) is 8.50. The van der Waals surface area contributed by atoms with Crippen molar-refractivity contribution in [2.75, 3.05) is 0 Å². The molecule has 0 amide bonds. The molecule has 78 valence electrons. The maximum Gasteiger partial charge on any atom is 0.140 e. The molecule has 16 heavy (non-hydrogen) atoms. The predicted octanol–water partition coefficient (Wildman–Crippen LogP) is 2.64. The number of nitriles is 1. The van der Waals surface area contributed by atoms with E-state index in [2.05, 4.69) is 9.97 Å². The highest BCUT2D eigenvalue weighted by molar-refractivity contribution is 7.98. The van der Waals surface area contributed by atoms with Crippen LogP contribution in [0.15, 0.2) is 47.8 Å². The van der Waals surface area contributed by atoms with Crippen LogP contribution in [0.4, 0.5) is 0 Å². The summed E-state index contributed by atoms with van der Waals surface area (Å²) >= 11 is 1.72. The van der Waals surface area contributed by atoms with Crippen LogP contribution < -0.4 is 0 Å². The summed E-state index contributed by atoms with van der Waals surface area (Å²) in [6.07, 6.45) is 5.21. The second-order valence-corrected chi connectivity index (χ2v) is 4.18. The number of pyridine rings is 2. The van der Waals surface area contributed by atoms with Crippen LogP contribution in [0.1, 0.15) is 11.3 Å². The first-order chi connectivity index (χ1) is 7.88. The van der Waals surface area contributed by atoms with E-state index in [1.54, 1.807) is 30.4 Å². The minimum absolute atomic E-state index is 0.466.